The van der Waals surface area contributed by atoms with Crippen LogP contribution in [0.15, 0.2) is 0 Å². The Morgan fingerprint density at radius 2 is 1.76 bits per heavy atom. The molecule has 0 spiro atoms. The van der Waals surface area contributed by atoms with Gasteiger partial charge in [-0.25, -0.2) is 0 Å². The molecule has 3 rings (SSSR count). The van der Waals surface area contributed by atoms with Crippen molar-refractivity contribution >= 4 is 27.9 Å². The van der Waals surface area contributed by atoms with Crippen molar-refractivity contribution in [2.75, 3.05) is 12.3 Å². The Morgan fingerprint density at radius 1 is 1.18 bits per heavy atom. The van der Waals surface area contributed by atoms with Crippen LogP contribution in [0, 0.1) is 23.2 Å². The first-order valence-electron chi connectivity index (χ1n) is 10.0. The zero-order valence-electron chi connectivity index (χ0n) is 17.2. The van der Waals surface area contributed by atoms with Gasteiger partial charge in [0.2, 0.25) is 11.8 Å². The highest BCUT2D eigenvalue weighted by Crippen LogP contribution is 2.65. The quantitative estimate of drug-likeness (QED) is 0.332. The van der Waals surface area contributed by atoms with Crippen molar-refractivity contribution in [3.63, 3.8) is 0 Å². The average Bonchev–Trinajstić information content (AvgIpc) is 3.27. The van der Waals surface area contributed by atoms with Crippen LogP contribution < -0.4 is 0 Å². The second-order valence-corrected chi connectivity index (χ2v) is 10.4. The lowest BCUT2D eigenvalue weighted by Crippen LogP contribution is -2.63. The van der Waals surface area contributed by atoms with Gasteiger partial charge in [-0.15, -0.1) is 0 Å². The minimum absolute atomic E-state index is 0.0141. The summed E-state index contributed by atoms with van der Waals surface area (Å²) in [6.45, 7) is 1.59. The van der Waals surface area contributed by atoms with E-state index in [1.807, 2.05) is 0 Å². The average molecular weight is 509 g/mol. The van der Waals surface area contributed by atoms with Gasteiger partial charge in [-0.05, 0) is 36.5 Å². The van der Waals surface area contributed by atoms with E-state index in [9.17, 15) is 49.1 Å². The number of hydrogen-bond donors (Lipinski definition) is 1. The summed E-state index contributed by atoms with van der Waals surface area (Å²) in [6, 6.07) is 0. The molecular weight excluding hydrogens is 488 g/mol. The molecule has 1 N–H and O–H groups in total. The molecule has 0 aromatic carbocycles. The van der Waals surface area contributed by atoms with E-state index >= 15 is 0 Å². The lowest BCUT2D eigenvalue weighted by molar-refractivity contribution is -0.361. The maximum Gasteiger partial charge on any atom is 0.438 e. The summed E-state index contributed by atoms with van der Waals surface area (Å²) in [5.74, 6) is -7.52. The number of nitrogens with zero attached hydrogens (tertiary/aromatic N) is 1. The molecule has 2 aliphatic carbocycles. The minimum atomic E-state index is -6.42. The SMILES string of the molecule is CCC(=O)N1CC2C3CCC(CC(=O)OC(CS(=O)(=O)O)(C(F)(F)F)C(F)(F)F)(C3)C2C1=O. The molecule has 1 saturated heterocycles. The third-order valence-electron chi connectivity index (χ3n) is 6.99. The number of hydrogen-bond acceptors (Lipinski definition) is 6. The van der Waals surface area contributed by atoms with Crippen LogP contribution in [-0.4, -0.2) is 65.9 Å². The van der Waals surface area contributed by atoms with Crippen molar-refractivity contribution in [1.82, 2.24) is 4.90 Å². The normalized spacial score (nSPS) is 30.0. The lowest BCUT2D eigenvalue weighted by Gasteiger charge is -2.38. The van der Waals surface area contributed by atoms with Gasteiger partial charge in [0, 0.05) is 18.9 Å². The van der Waals surface area contributed by atoms with Crippen molar-refractivity contribution in [1.29, 1.82) is 0 Å². The fourth-order valence-electron chi connectivity index (χ4n) is 5.67. The number of rotatable bonds is 6. The summed E-state index contributed by atoms with van der Waals surface area (Å²) in [6.07, 6.45) is -13.0. The Balaban J connectivity index is 1.91. The molecule has 2 amide bonds. The number of amides is 2. The molecule has 33 heavy (non-hydrogen) atoms. The van der Waals surface area contributed by atoms with Gasteiger partial charge in [-0.2, -0.15) is 34.8 Å². The monoisotopic (exact) mass is 509 g/mol. The molecule has 2 bridgehead atoms. The molecule has 1 aliphatic heterocycles. The van der Waals surface area contributed by atoms with Crippen LogP contribution in [0.5, 0.6) is 0 Å². The van der Waals surface area contributed by atoms with Gasteiger partial charge in [-0.1, -0.05) is 6.92 Å². The summed E-state index contributed by atoms with van der Waals surface area (Å²) in [7, 11) is -5.89. The van der Waals surface area contributed by atoms with Gasteiger partial charge in [-0.3, -0.25) is 23.8 Å². The minimum Gasteiger partial charge on any atom is -0.438 e. The van der Waals surface area contributed by atoms with E-state index in [-0.39, 0.29) is 37.6 Å². The van der Waals surface area contributed by atoms with Gasteiger partial charge in [0.05, 0.1) is 6.42 Å². The number of alkyl halides is 6. The third kappa shape index (κ3) is 4.21. The number of ether oxygens (including phenoxy) is 1. The summed E-state index contributed by atoms with van der Waals surface area (Å²) in [5.41, 5.74) is -6.78. The summed E-state index contributed by atoms with van der Waals surface area (Å²) in [5, 5.41) is 0. The summed E-state index contributed by atoms with van der Waals surface area (Å²) < 4.78 is 115. The predicted molar refractivity (Wildman–Crippen MR) is 95.7 cm³/mol. The van der Waals surface area contributed by atoms with Gasteiger partial charge < -0.3 is 4.74 Å². The van der Waals surface area contributed by atoms with Crippen LogP contribution in [-0.2, 0) is 29.2 Å². The maximum atomic E-state index is 13.4. The van der Waals surface area contributed by atoms with E-state index in [0.29, 0.717) is 6.42 Å². The smallest absolute Gasteiger partial charge is 0.438 e. The first-order valence-corrected chi connectivity index (χ1v) is 11.6. The molecule has 0 radical (unpaired) electrons. The van der Waals surface area contributed by atoms with Crippen molar-refractivity contribution in [3.05, 3.63) is 0 Å². The van der Waals surface area contributed by atoms with Crippen LogP contribution >= 0.6 is 0 Å². The van der Waals surface area contributed by atoms with Crippen molar-refractivity contribution in [2.45, 2.75) is 57.0 Å². The molecule has 2 saturated carbocycles. The molecule has 4 atom stereocenters. The molecule has 15 heteroatoms. The molecule has 3 aliphatic rings. The second kappa shape index (κ2) is 7.82. The van der Waals surface area contributed by atoms with Gasteiger partial charge in [0.1, 0.15) is 5.75 Å². The van der Waals surface area contributed by atoms with Crippen molar-refractivity contribution in [2.24, 2.45) is 23.2 Å². The fourth-order valence-corrected chi connectivity index (χ4v) is 6.57. The largest absolute Gasteiger partial charge is 0.438 e. The first kappa shape index (κ1) is 25.7. The fraction of sp³-hybridized carbons (Fsp3) is 0.833. The zero-order valence-corrected chi connectivity index (χ0v) is 18.0. The summed E-state index contributed by atoms with van der Waals surface area (Å²) in [4.78, 5) is 38.3. The lowest BCUT2D eigenvalue weighted by atomic mass is 9.69. The Morgan fingerprint density at radius 3 is 2.24 bits per heavy atom. The van der Waals surface area contributed by atoms with E-state index in [0.717, 1.165) is 4.90 Å². The van der Waals surface area contributed by atoms with E-state index in [2.05, 4.69) is 4.74 Å². The molecular formula is C18H21F6NO7S. The Labute approximate surface area is 184 Å². The zero-order chi connectivity index (χ0) is 25.2. The van der Waals surface area contributed by atoms with E-state index in [1.54, 1.807) is 0 Å². The first-order chi connectivity index (χ1) is 14.9. The molecule has 1 heterocycles. The van der Waals surface area contributed by atoms with Crippen LogP contribution in [0.1, 0.15) is 39.0 Å². The maximum absolute atomic E-state index is 13.4. The van der Waals surface area contributed by atoms with Gasteiger partial charge in [0.25, 0.3) is 10.1 Å². The van der Waals surface area contributed by atoms with E-state index in [4.69, 9.17) is 4.55 Å². The number of carbonyl (C=O) groups excluding carboxylic acids is 3. The molecule has 3 fully saturated rings. The van der Waals surface area contributed by atoms with Gasteiger partial charge in [0.15, 0.2) is 0 Å². The second-order valence-electron chi connectivity index (χ2n) is 8.90. The molecule has 0 aromatic rings. The van der Waals surface area contributed by atoms with Crippen molar-refractivity contribution < 1.29 is 58.4 Å². The summed E-state index contributed by atoms with van der Waals surface area (Å²) >= 11 is 0. The molecule has 4 unspecified atom stereocenters. The molecule has 188 valence electrons. The van der Waals surface area contributed by atoms with Crippen LogP contribution in [0.2, 0.25) is 0 Å². The van der Waals surface area contributed by atoms with E-state index < -0.39 is 69.4 Å². The van der Waals surface area contributed by atoms with Crippen molar-refractivity contribution in [3.8, 4) is 0 Å². The Kier molecular flexibility index (Phi) is 6.09. The Hall–Kier alpha value is -1.90. The van der Waals surface area contributed by atoms with Gasteiger partial charge >= 0.3 is 23.9 Å². The van der Waals surface area contributed by atoms with Crippen LogP contribution in [0.3, 0.4) is 0 Å². The van der Waals surface area contributed by atoms with Crippen LogP contribution in [0.25, 0.3) is 0 Å². The molecule has 0 aromatic heterocycles. The highest BCUT2D eigenvalue weighted by Gasteiger charge is 2.76. The third-order valence-corrected chi connectivity index (χ3v) is 7.76. The topological polar surface area (TPSA) is 118 Å². The number of likely N-dealkylation sites (tertiary alicyclic amines) is 1. The number of esters is 1. The standard InChI is InChI=1S/C18H21F6NO7S/c1-2-11(26)25-7-10-9-3-4-15(5-9,13(10)14(25)28)6-12(27)32-16(17(19,20)21,18(22,23)24)8-33(29,30)31/h9-10,13H,2-8H2,1H3,(H,29,30,31). The highest BCUT2D eigenvalue weighted by atomic mass is 32.2. The number of halogens is 6. The highest BCUT2D eigenvalue weighted by molar-refractivity contribution is 7.85. The van der Waals surface area contributed by atoms with Crippen LogP contribution in [0.4, 0.5) is 26.3 Å². The number of imide groups is 1. The Bertz CT molecular complexity index is 948. The van der Waals surface area contributed by atoms with E-state index in [1.165, 1.54) is 6.92 Å². The molecule has 8 nitrogen and oxygen atoms in total. The predicted octanol–water partition coefficient (Wildman–Crippen LogP) is 2.48. The number of fused-ring (bicyclic) bond motifs is 5. The number of carbonyl (C=O) groups is 3.